The topological polar surface area (TPSA) is 91.3 Å². The molecule has 8 nitrogen and oxygen atoms in total. The van der Waals surface area contributed by atoms with Gasteiger partial charge in [-0.2, -0.15) is 13.2 Å². The van der Waals surface area contributed by atoms with Crippen LogP contribution in [0.2, 0.25) is 10.0 Å². The summed E-state index contributed by atoms with van der Waals surface area (Å²) in [4.78, 5) is 32.7. The number of carbonyl (C=O) groups excluding carboxylic acids is 2. The quantitative estimate of drug-likeness (QED) is 0.217. The highest BCUT2D eigenvalue weighted by molar-refractivity contribution is 6.39. The largest absolute Gasteiger partial charge is 0.391 e. The Morgan fingerprint density at radius 2 is 1.70 bits per heavy atom. The van der Waals surface area contributed by atoms with Gasteiger partial charge >= 0.3 is 6.18 Å². The van der Waals surface area contributed by atoms with Crippen LogP contribution >= 0.6 is 23.2 Å². The average molecular weight is 684 g/mol. The Bertz CT molecular complexity index is 1670. The number of imidazole rings is 1. The molecule has 2 heterocycles. The van der Waals surface area contributed by atoms with Crippen molar-refractivity contribution in [3.05, 3.63) is 45.4 Å². The number of nitrogens with zero attached hydrogens (tertiary/aromatic N) is 3. The zero-order valence-corrected chi connectivity index (χ0v) is 27.2. The lowest BCUT2D eigenvalue weighted by atomic mass is 9.85. The van der Waals surface area contributed by atoms with Gasteiger partial charge in [-0.05, 0) is 81.5 Å². The summed E-state index contributed by atoms with van der Waals surface area (Å²) in [6, 6.07) is 6.58. The number of fused-ring (bicyclic) bond motifs is 2. The van der Waals surface area contributed by atoms with Gasteiger partial charge in [-0.3, -0.25) is 9.59 Å². The number of halogens is 6. The van der Waals surface area contributed by atoms with E-state index >= 15 is 0 Å². The van der Waals surface area contributed by atoms with Crippen LogP contribution in [0.5, 0.6) is 0 Å². The first-order valence-electron chi connectivity index (χ1n) is 15.4. The first kappa shape index (κ1) is 32.7. The zero-order chi connectivity index (χ0) is 33.1. The van der Waals surface area contributed by atoms with Gasteiger partial charge in [0.1, 0.15) is 0 Å². The van der Waals surface area contributed by atoms with Crippen LogP contribution in [-0.4, -0.2) is 52.3 Å². The van der Waals surface area contributed by atoms with Crippen molar-refractivity contribution in [1.82, 2.24) is 20.2 Å². The van der Waals surface area contributed by atoms with Crippen LogP contribution in [0.25, 0.3) is 11.0 Å². The number of carbonyl (C=O) groups is 2. The van der Waals surface area contributed by atoms with E-state index in [1.54, 1.807) is 18.2 Å². The lowest BCUT2D eigenvalue weighted by Crippen LogP contribution is -2.40. The minimum Gasteiger partial charge on any atom is -0.370 e. The second kappa shape index (κ2) is 12.1. The molecule has 3 aliphatic rings. The number of nitrogens with one attached hydrogen (secondary N) is 3. The molecule has 3 fully saturated rings. The van der Waals surface area contributed by atoms with Gasteiger partial charge in [-0.25, -0.2) is 9.37 Å². The predicted molar refractivity (Wildman–Crippen MR) is 171 cm³/mol. The van der Waals surface area contributed by atoms with Crippen LogP contribution in [0.15, 0.2) is 24.3 Å². The van der Waals surface area contributed by atoms with E-state index in [2.05, 4.69) is 20.9 Å². The molecule has 46 heavy (non-hydrogen) atoms. The van der Waals surface area contributed by atoms with Crippen LogP contribution < -0.4 is 20.9 Å². The van der Waals surface area contributed by atoms with E-state index in [4.69, 9.17) is 28.2 Å². The maximum atomic E-state index is 14.0. The van der Waals surface area contributed by atoms with Gasteiger partial charge in [0.05, 0.1) is 43.9 Å². The van der Waals surface area contributed by atoms with Crippen molar-refractivity contribution in [2.45, 2.75) is 70.4 Å². The van der Waals surface area contributed by atoms with Gasteiger partial charge in [0.25, 0.3) is 11.8 Å². The fourth-order valence-corrected chi connectivity index (χ4v) is 7.08. The standard InChI is InChI=1S/C32H36Cl2F4N6O2/c1-31(2,35)29(46)39-13-16-4-9-22(33)27(26(16)34)42-30-41-23-11-21(28(45)40-20-7-5-19(6-8-20)32(36,37)38)24(12-25(23)43(30)3)44-14-17-10-18(17)15-44/h4,9,11-12,17-20H,5-8,10,13-15H2,1-3H3,(H,39,46)(H,40,45)(H,41,42)/t17?,18?,19-,20-. The number of alkyl halides is 4. The Kier molecular flexibility index (Phi) is 8.58. The Labute approximate surface area is 274 Å². The summed E-state index contributed by atoms with van der Waals surface area (Å²) in [6.45, 7) is 3.99. The van der Waals surface area contributed by atoms with Crippen molar-refractivity contribution in [3.8, 4) is 0 Å². The first-order valence-corrected chi connectivity index (χ1v) is 16.2. The van der Waals surface area contributed by atoms with Crippen LogP contribution in [0.4, 0.5) is 34.9 Å². The summed E-state index contributed by atoms with van der Waals surface area (Å²) >= 11 is 13.2. The van der Waals surface area contributed by atoms with Gasteiger partial charge in [0.2, 0.25) is 5.95 Å². The number of piperidine rings is 1. The number of anilines is 3. The Morgan fingerprint density at radius 3 is 2.33 bits per heavy atom. The summed E-state index contributed by atoms with van der Waals surface area (Å²) in [5.74, 6) is -0.834. The second-order valence-corrected chi connectivity index (χ2v) is 14.0. The zero-order valence-electron chi connectivity index (χ0n) is 25.7. The predicted octanol–water partition coefficient (Wildman–Crippen LogP) is 7.30. The maximum absolute atomic E-state index is 14.0. The summed E-state index contributed by atoms with van der Waals surface area (Å²) < 4.78 is 55.4. The third-order valence-electron chi connectivity index (χ3n) is 9.47. The number of hydrogen-bond acceptors (Lipinski definition) is 5. The summed E-state index contributed by atoms with van der Waals surface area (Å²) in [6.07, 6.45) is -2.50. The highest BCUT2D eigenvalue weighted by Crippen LogP contribution is 2.47. The van der Waals surface area contributed by atoms with E-state index in [1.165, 1.54) is 20.3 Å². The van der Waals surface area contributed by atoms with Crippen LogP contribution in [0.3, 0.4) is 0 Å². The average Bonchev–Trinajstić information content (AvgIpc) is 3.47. The molecule has 1 aliphatic heterocycles. The molecule has 3 aromatic rings. The minimum absolute atomic E-state index is 0.00236. The van der Waals surface area contributed by atoms with Crippen LogP contribution in [0.1, 0.15) is 61.9 Å². The summed E-state index contributed by atoms with van der Waals surface area (Å²) in [7, 11) is 1.82. The Balaban J connectivity index is 1.27. The molecule has 0 bridgehead atoms. The van der Waals surface area contributed by atoms with Crippen LogP contribution in [-0.2, 0) is 18.4 Å². The van der Waals surface area contributed by atoms with E-state index in [0.29, 0.717) is 45.1 Å². The van der Waals surface area contributed by atoms with Crippen molar-refractivity contribution in [2.24, 2.45) is 24.8 Å². The van der Waals surface area contributed by atoms with Gasteiger partial charge in [0, 0.05) is 32.7 Å². The molecule has 0 spiro atoms. The SMILES string of the molecule is Cn1c(Nc2c(Cl)ccc(CNC(=O)C(C)(C)F)c2Cl)nc2cc(C(=O)N[C@H]3CC[C@H](C(F)(F)F)CC3)c(N3CC4CC4C3)cc21. The van der Waals surface area contributed by atoms with Crippen molar-refractivity contribution < 1.29 is 27.2 Å². The van der Waals surface area contributed by atoms with E-state index in [0.717, 1.165) is 24.3 Å². The molecule has 0 radical (unpaired) electrons. The number of rotatable bonds is 8. The molecule has 1 aromatic heterocycles. The first-order chi connectivity index (χ1) is 21.6. The smallest absolute Gasteiger partial charge is 0.370 e. The van der Waals surface area contributed by atoms with E-state index in [1.807, 2.05) is 17.7 Å². The highest BCUT2D eigenvalue weighted by atomic mass is 35.5. The molecule has 3 N–H and O–H groups in total. The molecule has 2 atom stereocenters. The number of benzene rings is 2. The lowest BCUT2D eigenvalue weighted by Gasteiger charge is -2.31. The fraction of sp³-hybridized carbons (Fsp3) is 0.531. The van der Waals surface area contributed by atoms with Gasteiger partial charge in [0.15, 0.2) is 5.67 Å². The monoisotopic (exact) mass is 682 g/mol. The molecule has 2 aromatic carbocycles. The van der Waals surface area contributed by atoms with Gasteiger partial charge in [-0.1, -0.05) is 29.3 Å². The minimum atomic E-state index is -4.22. The highest BCUT2D eigenvalue weighted by Gasteiger charge is 2.46. The van der Waals surface area contributed by atoms with E-state index in [9.17, 15) is 27.2 Å². The second-order valence-electron chi connectivity index (χ2n) is 13.3. The van der Waals surface area contributed by atoms with Crippen molar-refractivity contribution in [1.29, 1.82) is 0 Å². The van der Waals surface area contributed by atoms with Crippen molar-refractivity contribution >= 4 is 63.4 Å². The van der Waals surface area contributed by atoms with E-state index < -0.39 is 23.7 Å². The molecule has 6 rings (SSSR count). The maximum Gasteiger partial charge on any atom is 0.391 e. The molecular weight excluding hydrogens is 647 g/mol. The lowest BCUT2D eigenvalue weighted by molar-refractivity contribution is -0.182. The Morgan fingerprint density at radius 1 is 1.02 bits per heavy atom. The van der Waals surface area contributed by atoms with Crippen molar-refractivity contribution in [2.75, 3.05) is 23.3 Å². The summed E-state index contributed by atoms with van der Waals surface area (Å²) in [5, 5.41) is 9.25. The molecule has 248 valence electrons. The molecule has 2 unspecified atom stereocenters. The molecule has 14 heteroatoms. The number of aromatic nitrogens is 2. The normalized spacial score (nSPS) is 22.9. The summed E-state index contributed by atoms with van der Waals surface area (Å²) in [5.41, 5.74) is 1.29. The number of hydrogen-bond donors (Lipinski definition) is 3. The third-order valence-corrected chi connectivity index (χ3v) is 10.2. The number of aryl methyl sites for hydroxylation is 1. The number of amides is 2. The molecule has 1 saturated heterocycles. The van der Waals surface area contributed by atoms with Gasteiger partial charge in [-0.15, -0.1) is 0 Å². The molecular formula is C32H36Cl2F4N6O2. The van der Waals surface area contributed by atoms with Crippen LogP contribution in [0, 0.1) is 17.8 Å². The molecule has 2 saturated carbocycles. The molecule has 2 aliphatic carbocycles. The van der Waals surface area contributed by atoms with E-state index in [-0.39, 0.29) is 49.2 Å². The van der Waals surface area contributed by atoms with Crippen molar-refractivity contribution in [3.63, 3.8) is 0 Å². The third kappa shape index (κ3) is 6.60. The van der Waals surface area contributed by atoms with Gasteiger partial charge < -0.3 is 25.4 Å². The molecule has 2 amide bonds. The fourth-order valence-electron chi connectivity index (χ4n) is 6.55. The Hall–Kier alpha value is -3.25.